The molecule has 2 saturated heterocycles. The number of thioether (sulfide) groups is 1. The summed E-state index contributed by atoms with van der Waals surface area (Å²) in [5.74, 6) is 1.89. The Balaban J connectivity index is 1.68. The van der Waals surface area contributed by atoms with E-state index in [1.165, 1.54) is 19.3 Å². The van der Waals surface area contributed by atoms with Crippen LogP contribution in [-0.2, 0) is 10.0 Å². The van der Waals surface area contributed by atoms with Crippen LogP contribution in [0.1, 0.15) is 25.7 Å². The number of likely N-dealkylation sites (tertiary alicyclic amines) is 1. The van der Waals surface area contributed by atoms with Gasteiger partial charge in [0, 0.05) is 36.5 Å². The van der Waals surface area contributed by atoms with Crippen molar-refractivity contribution in [1.29, 1.82) is 0 Å². The van der Waals surface area contributed by atoms with E-state index in [0.717, 1.165) is 42.9 Å². The number of hydrogen-bond acceptors (Lipinski definition) is 5. The van der Waals surface area contributed by atoms with E-state index in [9.17, 15) is 8.42 Å². The number of rotatable bonds is 4. The number of piperidine rings is 1. The summed E-state index contributed by atoms with van der Waals surface area (Å²) < 4.78 is 29.1. The van der Waals surface area contributed by atoms with E-state index in [1.807, 2.05) is 36.0 Å². The fourth-order valence-corrected chi connectivity index (χ4v) is 7.09. The van der Waals surface area contributed by atoms with E-state index in [2.05, 4.69) is 9.88 Å². The molecule has 0 amide bonds. The molecule has 2 aliphatic heterocycles. The summed E-state index contributed by atoms with van der Waals surface area (Å²) in [7, 11) is -3.58. The van der Waals surface area contributed by atoms with E-state index < -0.39 is 10.0 Å². The molecule has 2 aliphatic rings. The Morgan fingerprint density at radius 2 is 1.85 bits per heavy atom. The summed E-state index contributed by atoms with van der Waals surface area (Å²) >= 11 is 1.88. The molecule has 27 heavy (non-hydrogen) atoms. The van der Waals surface area contributed by atoms with Gasteiger partial charge in [0.2, 0.25) is 10.0 Å². The van der Waals surface area contributed by atoms with Crippen LogP contribution in [0.3, 0.4) is 0 Å². The predicted octanol–water partition coefficient (Wildman–Crippen LogP) is 3.22. The van der Waals surface area contributed by atoms with Crippen molar-refractivity contribution < 1.29 is 8.42 Å². The van der Waals surface area contributed by atoms with Gasteiger partial charge < -0.3 is 4.90 Å². The van der Waals surface area contributed by atoms with Crippen molar-refractivity contribution in [3.05, 3.63) is 36.5 Å². The van der Waals surface area contributed by atoms with Crippen LogP contribution in [0.15, 0.2) is 41.4 Å². The van der Waals surface area contributed by atoms with Crippen molar-refractivity contribution in [3.63, 3.8) is 0 Å². The van der Waals surface area contributed by atoms with Gasteiger partial charge in [-0.05, 0) is 50.2 Å². The number of sulfonamides is 1. The Morgan fingerprint density at radius 1 is 1.04 bits per heavy atom. The maximum Gasteiger partial charge on any atom is 0.245 e. The largest absolute Gasteiger partial charge is 0.302 e. The van der Waals surface area contributed by atoms with Gasteiger partial charge in [0.05, 0.1) is 5.52 Å². The monoisotopic (exact) mass is 405 g/mol. The first kappa shape index (κ1) is 19.2. The van der Waals surface area contributed by atoms with Gasteiger partial charge in [0.1, 0.15) is 4.90 Å². The summed E-state index contributed by atoms with van der Waals surface area (Å²) in [6, 6.07) is 9.25. The summed E-state index contributed by atoms with van der Waals surface area (Å²) in [6.07, 6.45) is 6.31. The van der Waals surface area contributed by atoms with Gasteiger partial charge in [0.25, 0.3) is 0 Å². The molecule has 7 heteroatoms. The van der Waals surface area contributed by atoms with Crippen LogP contribution < -0.4 is 0 Å². The van der Waals surface area contributed by atoms with Crippen molar-refractivity contribution in [2.24, 2.45) is 0 Å². The molecular weight excluding hydrogens is 378 g/mol. The van der Waals surface area contributed by atoms with Gasteiger partial charge in [-0.25, -0.2) is 8.42 Å². The zero-order valence-corrected chi connectivity index (χ0v) is 17.2. The first-order valence-electron chi connectivity index (χ1n) is 9.82. The molecule has 3 heterocycles. The minimum Gasteiger partial charge on any atom is -0.302 e. The number of hydrogen-bond donors (Lipinski definition) is 0. The molecule has 0 N–H and O–H groups in total. The minimum atomic E-state index is -3.58. The summed E-state index contributed by atoms with van der Waals surface area (Å²) in [4.78, 5) is 7.18. The number of pyridine rings is 1. The molecule has 0 saturated carbocycles. The fraction of sp³-hybridized carbons (Fsp3) is 0.550. The van der Waals surface area contributed by atoms with Crippen LogP contribution in [0, 0.1) is 0 Å². The molecule has 5 nitrogen and oxygen atoms in total. The topological polar surface area (TPSA) is 53.5 Å². The molecule has 1 atom stereocenters. The number of para-hydroxylation sites is 1. The maximum atomic E-state index is 13.7. The quantitative estimate of drug-likeness (QED) is 0.782. The zero-order chi connectivity index (χ0) is 18.7. The first-order chi connectivity index (χ1) is 13.2. The third kappa shape index (κ3) is 4.16. The fourth-order valence-electron chi connectivity index (χ4n) is 4.12. The molecule has 0 bridgehead atoms. The van der Waals surface area contributed by atoms with Crippen molar-refractivity contribution in [3.8, 4) is 0 Å². The number of fused-ring (bicyclic) bond motifs is 1. The Labute approximate surface area is 166 Å². The van der Waals surface area contributed by atoms with Crippen LogP contribution in [-0.4, -0.2) is 66.3 Å². The van der Waals surface area contributed by atoms with Crippen LogP contribution in [0.25, 0.3) is 10.9 Å². The molecule has 1 aromatic heterocycles. The van der Waals surface area contributed by atoms with Crippen molar-refractivity contribution >= 4 is 32.7 Å². The Kier molecular flexibility index (Phi) is 6.02. The molecule has 1 unspecified atom stereocenters. The average molecular weight is 406 g/mol. The van der Waals surface area contributed by atoms with Crippen LogP contribution in [0.4, 0.5) is 0 Å². The molecule has 2 aromatic rings. The smallest absolute Gasteiger partial charge is 0.245 e. The lowest BCUT2D eigenvalue weighted by Crippen LogP contribution is -2.49. The highest BCUT2D eigenvalue weighted by molar-refractivity contribution is 7.99. The number of aromatic nitrogens is 1. The number of benzene rings is 1. The van der Waals surface area contributed by atoms with Crippen molar-refractivity contribution in [2.45, 2.75) is 36.6 Å². The predicted molar refractivity (Wildman–Crippen MR) is 112 cm³/mol. The van der Waals surface area contributed by atoms with E-state index in [0.29, 0.717) is 17.0 Å². The molecule has 0 spiro atoms. The maximum absolute atomic E-state index is 13.7. The summed E-state index contributed by atoms with van der Waals surface area (Å²) in [5, 5.41) is 0.871. The van der Waals surface area contributed by atoms with Gasteiger partial charge in [-0.2, -0.15) is 16.1 Å². The second-order valence-corrected chi connectivity index (χ2v) is 10.4. The molecule has 146 valence electrons. The first-order valence-corrected chi connectivity index (χ1v) is 12.4. The molecule has 1 aromatic carbocycles. The van der Waals surface area contributed by atoms with Crippen LogP contribution in [0.2, 0.25) is 0 Å². The SMILES string of the molecule is O=S(=O)(c1cccc2cccnc12)N1CCCSCC1CN1CCCCC1. The molecule has 0 radical (unpaired) electrons. The highest BCUT2D eigenvalue weighted by atomic mass is 32.2. The molecule has 0 aliphatic carbocycles. The van der Waals surface area contributed by atoms with Crippen molar-refractivity contribution in [2.75, 3.05) is 37.7 Å². The normalized spacial score (nSPS) is 23.3. The Morgan fingerprint density at radius 3 is 2.70 bits per heavy atom. The zero-order valence-electron chi connectivity index (χ0n) is 15.6. The van der Waals surface area contributed by atoms with E-state index in [-0.39, 0.29) is 6.04 Å². The van der Waals surface area contributed by atoms with Gasteiger partial charge in [-0.1, -0.05) is 24.6 Å². The number of nitrogens with zero attached hydrogens (tertiary/aromatic N) is 3. The second kappa shape index (κ2) is 8.47. The van der Waals surface area contributed by atoms with Gasteiger partial charge >= 0.3 is 0 Å². The average Bonchev–Trinajstić information content (AvgIpc) is 2.94. The summed E-state index contributed by atoms with van der Waals surface area (Å²) in [6.45, 7) is 3.61. The lowest BCUT2D eigenvalue weighted by molar-refractivity contribution is 0.183. The van der Waals surface area contributed by atoms with Crippen molar-refractivity contribution in [1.82, 2.24) is 14.2 Å². The minimum absolute atomic E-state index is 0.0274. The van der Waals surface area contributed by atoms with E-state index in [4.69, 9.17) is 0 Å². The van der Waals surface area contributed by atoms with Gasteiger partial charge in [0.15, 0.2) is 0 Å². The standard InChI is InChI=1S/C20H27N3O2S2/c24-27(25,19-9-4-7-17-8-5-10-21-20(17)19)23-13-6-14-26-16-18(23)15-22-11-2-1-3-12-22/h4-5,7-10,18H,1-3,6,11-16H2. The Bertz CT molecular complexity index is 876. The highest BCUT2D eigenvalue weighted by Gasteiger charge is 2.35. The third-order valence-corrected chi connectivity index (χ3v) is 8.67. The lowest BCUT2D eigenvalue weighted by atomic mass is 10.1. The molecule has 4 rings (SSSR count). The van der Waals surface area contributed by atoms with Gasteiger partial charge in [-0.15, -0.1) is 0 Å². The summed E-state index contributed by atoms with van der Waals surface area (Å²) in [5.41, 5.74) is 0.577. The van der Waals surface area contributed by atoms with Crippen LogP contribution in [0.5, 0.6) is 0 Å². The molecular formula is C20H27N3O2S2. The van der Waals surface area contributed by atoms with E-state index >= 15 is 0 Å². The third-order valence-electron chi connectivity index (χ3n) is 5.48. The van der Waals surface area contributed by atoms with Crippen LogP contribution >= 0.6 is 11.8 Å². The Hall–Kier alpha value is -1.15. The highest BCUT2D eigenvalue weighted by Crippen LogP contribution is 2.29. The van der Waals surface area contributed by atoms with E-state index in [1.54, 1.807) is 16.6 Å². The van der Waals surface area contributed by atoms with Gasteiger partial charge in [-0.3, -0.25) is 4.98 Å². The molecule has 2 fully saturated rings. The second-order valence-electron chi connectivity index (χ2n) is 7.39. The lowest BCUT2D eigenvalue weighted by Gasteiger charge is -2.35.